The number of carbonyl (C=O) groups is 2. The number of nitrogens with zero attached hydrogens (tertiary/aromatic N) is 2. The normalized spacial score (nSPS) is 11.0. The van der Waals surface area contributed by atoms with Gasteiger partial charge in [-0.3, -0.25) is 13.9 Å². The van der Waals surface area contributed by atoms with Crippen molar-refractivity contribution in [2.75, 3.05) is 30.8 Å². The zero-order chi connectivity index (χ0) is 24.2. The van der Waals surface area contributed by atoms with Crippen LogP contribution >= 0.6 is 11.8 Å². The number of anilines is 2. The van der Waals surface area contributed by atoms with Gasteiger partial charge < -0.3 is 10.2 Å². The number of benzene rings is 3. The van der Waals surface area contributed by atoms with Crippen LogP contribution < -0.4 is 9.62 Å². The molecule has 3 aromatic carbocycles. The van der Waals surface area contributed by atoms with E-state index in [2.05, 4.69) is 5.32 Å². The Hall–Kier alpha value is -3.30. The van der Waals surface area contributed by atoms with E-state index in [0.29, 0.717) is 21.8 Å². The van der Waals surface area contributed by atoms with Crippen molar-refractivity contribution >= 4 is 44.3 Å². The molecule has 0 saturated carbocycles. The van der Waals surface area contributed by atoms with Gasteiger partial charge in [0, 0.05) is 31.6 Å². The minimum Gasteiger partial charge on any atom is -0.339 e. The van der Waals surface area contributed by atoms with Crippen LogP contribution in [0.15, 0.2) is 82.6 Å². The zero-order valence-corrected chi connectivity index (χ0v) is 20.4. The van der Waals surface area contributed by atoms with Gasteiger partial charge in [0.25, 0.3) is 21.2 Å². The Bertz CT molecular complexity index is 1260. The van der Waals surface area contributed by atoms with E-state index >= 15 is 0 Å². The third-order valence-corrected chi connectivity index (χ3v) is 7.79. The second-order valence-corrected chi connectivity index (χ2v) is 10.5. The summed E-state index contributed by atoms with van der Waals surface area (Å²) in [6, 6.07) is 20.0. The van der Waals surface area contributed by atoms with E-state index < -0.39 is 10.0 Å². The van der Waals surface area contributed by atoms with Crippen LogP contribution in [-0.2, 0) is 10.0 Å². The highest BCUT2D eigenvalue weighted by atomic mass is 32.2. The first-order chi connectivity index (χ1) is 15.6. The molecule has 1 N–H and O–H groups in total. The molecule has 0 fully saturated rings. The lowest BCUT2D eigenvalue weighted by atomic mass is 10.2. The maximum absolute atomic E-state index is 12.9. The summed E-state index contributed by atoms with van der Waals surface area (Å²) in [5, 5.41) is 2.66. The fourth-order valence-corrected chi connectivity index (χ4v) is 4.81. The Morgan fingerprint density at radius 2 is 1.45 bits per heavy atom. The van der Waals surface area contributed by atoms with E-state index in [1.165, 1.54) is 16.3 Å². The minimum atomic E-state index is -3.72. The van der Waals surface area contributed by atoms with E-state index in [0.717, 1.165) is 17.3 Å². The molecule has 0 heterocycles. The molecule has 33 heavy (non-hydrogen) atoms. The summed E-state index contributed by atoms with van der Waals surface area (Å²) in [4.78, 5) is 27.1. The van der Waals surface area contributed by atoms with Crippen LogP contribution in [0.2, 0.25) is 0 Å². The van der Waals surface area contributed by atoms with Crippen LogP contribution in [0.1, 0.15) is 15.9 Å². The van der Waals surface area contributed by atoms with Crippen molar-refractivity contribution in [3.05, 3.63) is 83.9 Å². The number of aryl methyl sites for hydroxylation is 1. The number of thioether (sulfide) groups is 1. The van der Waals surface area contributed by atoms with Gasteiger partial charge in [-0.15, -0.1) is 0 Å². The van der Waals surface area contributed by atoms with Gasteiger partial charge in [-0.2, -0.15) is 0 Å². The number of nitrogens with one attached hydrogen (secondary N) is 1. The van der Waals surface area contributed by atoms with Crippen LogP contribution in [0.3, 0.4) is 0 Å². The summed E-state index contributed by atoms with van der Waals surface area (Å²) < 4.78 is 27.0. The van der Waals surface area contributed by atoms with Crippen LogP contribution in [-0.4, -0.2) is 45.6 Å². The first kappa shape index (κ1) is 24.3. The second kappa shape index (κ2) is 10.1. The Labute approximate surface area is 198 Å². The molecule has 0 saturated heterocycles. The molecule has 0 aliphatic heterocycles. The average Bonchev–Trinajstić information content (AvgIpc) is 2.80. The number of hydrogen-bond donors (Lipinski definition) is 1. The monoisotopic (exact) mass is 483 g/mol. The smallest absolute Gasteiger partial charge is 0.286 e. The van der Waals surface area contributed by atoms with E-state index in [1.54, 1.807) is 86.9 Å². The zero-order valence-electron chi connectivity index (χ0n) is 18.8. The molecule has 3 aromatic rings. The highest BCUT2D eigenvalue weighted by Crippen LogP contribution is 2.29. The molecule has 0 aromatic heterocycles. The number of carbonyl (C=O) groups excluding carboxylic acids is 2. The summed E-state index contributed by atoms with van der Waals surface area (Å²) in [7, 11) is 1.07. The number of rotatable bonds is 6. The van der Waals surface area contributed by atoms with Crippen molar-refractivity contribution in [3.8, 4) is 0 Å². The first-order valence-corrected chi connectivity index (χ1v) is 12.3. The largest absolute Gasteiger partial charge is 0.339 e. The molecule has 0 spiro atoms. The average molecular weight is 484 g/mol. The lowest BCUT2D eigenvalue weighted by molar-refractivity contribution is 0.102. The van der Waals surface area contributed by atoms with Gasteiger partial charge in [0.1, 0.15) is 0 Å². The molecule has 3 rings (SSSR count). The lowest BCUT2D eigenvalue weighted by Gasteiger charge is -2.20. The summed E-state index contributed by atoms with van der Waals surface area (Å²) in [5.74, 6) is -0.365. The Kier molecular flexibility index (Phi) is 7.45. The summed E-state index contributed by atoms with van der Waals surface area (Å²) in [5.41, 5.74) is 2.28. The molecule has 0 atom stereocenters. The van der Waals surface area contributed by atoms with E-state index in [9.17, 15) is 18.0 Å². The summed E-state index contributed by atoms with van der Waals surface area (Å²) in [6.45, 7) is 1.89. The highest BCUT2D eigenvalue weighted by molar-refractivity contribution is 8.13. The van der Waals surface area contributed by atoms with E-state index in [1.807, 2.05) is 6.92 Å². The van der Waals surface area contributed by atoms with Crippen molar-refractivity contribution in [2.24, 2.45) is 0 Å². The fraction of sp³-hybridized carbons (Fsp3) is 0.167. The predicted octanol–water partition coefficient (Wildman–Crippen LogP) is 4.85. The molecule has 2 amide bonds. The first-order valence-electron chi connectivity index (χ1n) is 10.0. The standard InChI is InChI=1S/C24H25N3O4S2/c1-17-9-15-20(16-10-17)33(30,31)27(4)19-13-11-18(12-14-19)23(28)25-21-7-5-6-8-22(21)32-24(29)26(2)3/h5-16H,1-4H3,(H,25,28). The molecule has 0 unspecified atom stereocenters. The predicted molar refractivity (Wildman–Crippen MR) is 133 cm³/mol. The third-order valence-electron chi connectivity index (χ3n) is 4.87. The van der Waals surface area contributed by atoms with Crippen molar-refractivity contribution in [1.82, 2.24) is 4.90 Å². The molecule has 172 valence electrons. The Balaban J connectivity index is 1.76. The molecule has 9 heteroatoms. The van der Waals surface area contributed by atoms with Gasteiger partial charge >= 0.3 is 0 Å². The molecule has 0 bridgehead atoms. The number of sulfonamides is 1. The highest BCUT2D eigenvalue weighted by Gasteiger charge is 2.21. The van der Waals surface area contributed by atoms with Gasteiger partial charge in [-0.1, -0.05) is 29.8 Å². The third kappa shape index (κ3) is 5.74. The molecule has 0 radical (unpaired) electrons. The van der Waals surface area contributed by atoms with E-state index in [-0.39, 0.29) is 16.0 Å². The summed E-state index contributed by atoms with van der Waals surface area (Å²) in [6.07, 6.45) is 0. The lowest BCUT2D eigenvalue weighted by Crippen LogP contribution is -2.26. The fourth-order valence-electron chi connectivity index (χ4n) is 2.87. The number of amides is 2. The summed E-state index contributed by atoms with van der Waals surface area (Å²) >= 11 is 1.02. The van der Waals surface area contributed by atoms with Gasteiger partial charge in [0.05, 0.1) is 16.3 Å². The van der Waals surface area contributed by atoms with Crippen LogP contribution in [0.4, 0.5) is 16.2 Å². The molecular weight excluding hydrogens is 458 g/mol. The van der Waals surface area contributed by atoms with Crippen molar-refractivity contribution in [3.63, 3.8) is 0 Å². The van der Waals surface area contributed by atoms with Crippen LogP contribution in [0.25, 0.3) is 0 Å². The maximum Gasteiger partial charge on any atom is 0.286 e. The number of hydrogen-bond acceptors (Lipinski definition) is 5. The Morgan fingerprint density at radius 1 is 0.848 bits per heavy atom. The van der Waals surface area contributed by atoms with Crippen LogP contribution in [0, 0.1) is 6.92 Å². The Morgan fingerprint density at radius 3 is 2.06 bits per heavy atom. The van der Waals surface area contributed by atoms with Crippen LogP contribution in [0.5, 0.6) is 0 Å². The van der Waals surface area contributed by atoms with Crippen molar-refractivity contribution in [2.45, 2.75) is 16.7 Å². The van der Waals surface area contributed by atoms with Gasteiger partial charge in [0.15, 0.2) is 0 Å². The SMILES string of the molecule is Cc1ccc(S(=O)(=O)N(C)c2ccc(C(=O)Nc3ccccc3SC(=O)N(C)C)cc2)cc1. The molecular formula is C24H25N3O4S2. The quantitative estimate of drug-likeness (QED) is 0.507. The second-order valence-electron chi connectivity index (χ2n) is 7.55. The topological polar surface area (TPSA) is 86.8 Å². The van der Waals surface area contributed by atoms with Crippen molar-refractivity contribution in [1.29, 1.82) is 0 Å². The number of para-hydroxylation sites is 1. The minimum absolute atomic E-state index is 0.154. The van der Waals surface area contributed by atoms with Gasteiger partial charge in [-0.05, 0) is 67.2 Å². The maximum atomic E-state index is 12.9. The molecule has 0 aliphatic rings. The molecule has 0 aliphatic carbocycles. The van der Waals surface area contributed by atoms with Crippen molar-refractivity contribution < 1.29 is 18.0 Å². The van der Waals surface area contributed by atoms with E-state index in [4.69, 9.17) is 0 Å². The van der Waals surface area contributed by atoms with Gasteiger partial charge in [-0.25, -0.2) is 8.42 Å². The van der Waals surface area contributed by atoms with Gasteiger partial charge in [0.2, 0.25) is 0 Å². The molecule has 7 nitrogen and oxygen atoms in total.